The highest BCUT2D eigenvalue weighted by Gasteiger charge is 2.11. The molecular weight excluding hydrogens is 228 g/mol. The van der Waals surface area contributed by atoms with Crippen LogP contribution < -0.4 is 9.47 Å². The van der Waals surface area contributed by atoms with Crippen LogP contribution in [0.1, 0.15) is 5.69 Å². The number of nitrogens with zero attached hydrogens (tertiary/aromatic N) is 2. The molecule has 5 heteroatoms. The van der Waals surface area contributed by atoms with E-state index < -0.39 is 0 Å². The van der Waals surface area contributed by atoms with Crippen LogP contribution in [0.2, 0.25) is 5.02 Å². The van der Waals surface area contributed by atoms with Gasteiger partial charge in [0.1, 0.15) is 0 Å². The lowest BCUT2D eigenvalue weighted by Crippen LogP contribution is -1.94. The van der Waals surface area contributed by atoms with Gasteiger partial charge in [0.15, 0.2) is 11.5 Å². The molecule has 2 aromatic rings. The van der Waals surface area contributed by atoms with E-state index in [2.05, 4.69) is 10.2 Å². The van der Waals surface area contributed by atoms with Gasteiger partial charge < -0.3 is 9.47 Å². The van der Waals surface area contributed by atoms with Gasteiger partial charge in [-0.2, -0.15) is 10.2 Å². The van der Waals surface area contributed by atoms with Crippen molar-refractivity contribution in [3.63, 3.8) is 0 Å². The fourth-order valence-electron chi connectivity index (χ4n) is 1.49. The lowest BCUT2D eigenvalue weighted by atomic mass is 10.2. The number of aryl methyl sites for hydroxylation is 1. The van der Waals surface area contributed by atoms with Gasteiger partial charge in [-0.05, 0) is 13.0 Å². The molecule has 0 atom stereocenters. The standard InChI is InChI=1S/C11H11ClN2O2/c1-6-11(12)7-4-9(15-2)10(16-3)5-8(7)14-13-6/h4-5H,1-3H3. The summed E-state index contributed by atoms with van der Waals surface area (Å²) in [6, 6.07) is 3.56. The molecule has 0 N–H and O–H groups in total. The Morgan fingerprint density at radius 3 is 2.31 bits per heavy atom. The number of hydrogen-bond donors (Lipinski definition) is 0. The summed E-state index contributed by atoms with van der Waals surface area (Å²) in [5.74, 6) is 1.24. The van der Waals surface area contributed by atoms with Crippen molar-refractivity contribution in [3.05, 3.63) is 22.8 Å². The smallest absolute Gasteiger partial charge is 0.162 e. The minimum atomic E-state index is 0.589. The van der Waals surface area contributed by atoms with Crippen molar-refractivity contribution in [2.45, 2.75) is 6.92 Å². The molecule has 0 saturated carbocycles. The van der Waals surface area contributed by atoms with Crippen molar-refractivity contribution in [1.29, 1.82) is 0 Å². The number of hydrogen-bond acceptors (Lipinski definition) is 4. The highest BCUT2D eigenvalue weighted by atomic mass is 35.5. The molecule has 84 valence electrons. The first-order valence-corrected chi connectivity index (χ1v) is 5.09. The molecule has 0 saturated heterocycles. The van der Waals surface area contributed by atoms with Crippen LogP contribution in [0.25, 0.3) is 10.9 Å². The van der Waals surface area contributed by atoms with Crippen molar-refractivity contribution in [3.8, 4) is 11.5 Å². The minimum Gasteiger partial charge on any atom is -0.493 e. The van der Waals surface area contributed by atoms with Crippen LogP contribution in [0, 0.1) is 6.92 Å². The SMILES string of the molecule is COc1cc2nnc(C)c(Cl)c2cc1OC. The third-order valence-corrected chi connectivity index (χ3v) is 2.84. The van der Waals surface area contributed by atoms with Gasteiger partial charge in [0.05, 0.1) is 30.5 Å². The van der Waals surface area contributed by atoms with Gasteiger partial charge >= 0.3 is 0 Å². The minimum absolute atomic E-state index is 0.589. The summed E-state index contributed by atoms with van der Waals surface area (Å²) in [6.07, 6.45) is 0. The lowest BCUT2D eigenvalue weighted by molar-refractivity contribution is 0.355. The van der Waals surface area contributed by atoms with Crippen LogP contribution in [-0.2, 0) is 0 Å². The van der Waals surface area contributed by atoms with Crippen molar-refractivity contribution < 1.29 is 9.47 Å². The maximum Gasteiger partial charge on any atom is 0.162 e. The van der Waals surface area contributed by atoms with Crippen LogP contribution in [0.3, 0.4) is 0 Å². The maximum absolute atomic E-state index is 6.15. The quantitative estimate of drug-likeness (QED) is 0.807. The van der Waals surface area contributed by atoms with Gasteiger partial charge in [-0.15, -0.1) is 0 Å². The van der Waals surface area contributed by atoms with Crippen LogP contribution in [0.5, 0.6) is 11.5 Å². The molecule has 0 amide bonds. The Hall–Kier alpha value is -1.55. The first-order valence-electron chi connectivity index (χ1n) is 4.72. The number of halogens is 1. The fourth-order valence-corrected chi connectivity index (χ4v) is 1.68. The van der Waals surface area contributed by atoms with Crippen LogP contribution >= 0.6 is 11.6 Å². The molecule has 16 heavy (non-hydrogen) atoms. The number of benzene rings is 1. The van der Waals surface area contributed by atoms with E-state index in [9.17, 15) is 0 Å². The van der Waals surface area contributed by atoms with Gasteiger partial charge in [0.2, 0.25) is 0 Å². The predicted molar refractivity (Wildman–Crippen MR) is 62.4 cm³/mol. The molecular formula is C11H11ClN2O2. The number of rotatable bonds is 2. The van der Waals surface area contributed by atoms with Gasteiger partial charge in [0.25, 0.3) is 0 Å². The topological polar surface area (TPSA) is 44.2 Å². The molecule has 1 aromatic carbocycles. The number of ether oxygens (including phenoxy) is 2. The fraction of sp³-hybridized carbons (Fsp3) is 0.273. The molecule has 0 bridgehead atoms. The Morgan fingerprint density at radius 2 is 1.69 bits per heavy atom. The second-order valence-electron chi connectivity index (χ2n) is 3.32. The number of aromatic nitrogens is 2. The number of methoxy groups -OCH3 is 2. The Bertz CT molecular complexity index is 543. The molecule has 1 heterocycles. The van der Waals surface area contributed by atoms with Crippen molar-refractivity contribution in [2.24, 2.45) is 0 Å². The molecule has 4 nitrogen and oxygen atoms in total. The highest BCUT2D eigenvalue weighted by molar-refractivity contribution is 6.35. The third-order valence-electron chi connectivity index (χ3n) is 2.36. The van der Waals surface area contributed by atoms with Crippen molar-refractivity contribution in [2.75, 3.05) is 14.2 Å². The third kappa shape index (κ3) is 1.65. The zero-order valence-corrected chi connectivity index (χ0v) is 10.00. The molecule has 1 aromatic heterocycles. The van der Waals surface area contributed by atoms with E-state index in [1.807, 2.05) is 6.92 Å². The summed E-state index contributed by atoms with van der Waals surface area (Å²) in [6.45, 7) is 1.81. The van der Waals surface area contributed by atoms with E-state index in [1.165, 1.54) is 0 Å². The van der Waals surface area contributed by atoms with E-state index in [-0.39, 0.29) is 0 Å². The highest BCUT2D eigenvalue weighted by Crippen LogP contribution is 2.34. The second kappa shape index (κ2) is 4.14. The Labute approximate surface area is 98.1 Å². The average Bonchev–Trinajstić information content (AvgIpc) is 2.32. The van der Waals surface area contributed by atoms with Crippen LogP contribution in [-0.4, -0.2) is 24.4 Å². The molecule has 0 aliphatic heterocycles. The van der Waals surface area contributed by atoms with Crippen LogP contribution in [0.15, 0.2) is 12.1 Å². The summed E-state index contributed by atoms with van der Waals surface area (Å²) in [5, 5.41) is 9.42. The summed E-state index contributed by atoms with van der Waals surface area (Å²) < 4.78 is 10.4. The van der Waals surface area contributed by atoms with E-state index in [4.69, 9.17) is 21.1 Å². The van der Waals surface area contributed by atoms with Gasteiger partial charge in [-0.3, -0.25) is 0 Å². The molecule has 0 unspecified atom stereocenters. The largest absolute Gasteiger partial charge is 0.493 e. The summed E-state index contributed by atoms with van der Waals surface area (Å²) in [7, 11) is 3.16. The lowest BCUT2D eigenvalue weighted by Gasteiger charge is -2.09. The van der Waals surface area contributed by atoms with Crippen LogP contribution in [0.4, 0.5) is 0 Å². The molecule has 0 fully saturated rings. The zero-order chi connectivity index (χ0) is 11.7. The molecule has 0 spiro atoms. The summed E-state index contributed by atoms with van der Waals surface area (Å²) in [4.78, 5) is 0. The average molecular weight is 239 g/mol. The monoisotopic (exact) mass is 238 g/mol. The summed E-state index contributed by atoms with van der Waals surface area (Å²) >= 11 is 6.15. The zero-order valence-electron chi connectivity index (χ0n) is 9.24. The molecule has 0 radical (unpaired) electrons. The van der Waals surface area contributed by atoms with E-state index in [0.29, 0.717) is 27.7 Å². The van der Waals surface area contributed by atoms with E-state index in [1.54, 1.807) is 26.4 Å². The Balaban J connectivity index is 2.78. The maximum atomic E-state index is 6.15. The Morgan fingerprint density at radius 1 is 1.06 bits per heavy atom. The molecule has 0 aliphatic carbocycles. The molecule has 2 rings (SSSR count). The van der Waals surface area contributed by atoms with Crippen molar-refractivity contribution >= 4 is 22.5 Å². The predicted octanol–water partition coefficient (Wildman–Crippen LogP) is 2.61. The normalized spacial score (nSPS) is 10.5. The van der Waals surface area contributed by atoms with E-state index >= 15 is 0 Å². The second-order valence-corrected chi connectivity index (χ2v) is 3.70. The summed E-state index contributed by atoms with van der Waals surface area (Å²) in [5.41, 5.74) is 1.38. The number of fused-ring (bicyclic) bond motifs is 1. The first-order chi connectivity index (χ1) is 7.67. The molecule has 0 aliphatic rings. The van der Waals surface area contributed by atoms with Gasteiger partial charge in [0, 0.05) is 11.5 Å². The van der Waals surface area contributed by atoms with E-state index in [0.717, 1.165) is 5.39 Å². The van der Waals surface area contributed by atoms with Gasteiger partial charge in [-0.25, -0.2) is 0 Å². The Kier molecular flexibility index (Phi) is 2.83. The first kappa shape index (κ1) is 11.0. The van der Waals surface area contributed by atoms with Gasteiger partial charge in [-0.1, -0.05) is 11.6 Å². The van der Waals surface area contributed by atoms with Crippen molar-refractivity contribution in [1.82, 2.24) is 10.2 Å².